The highest BCUT2D eigenvalue weighted by atomic mass is 16.6. The van der Waals surface area contributed by atoms with Crippen LogP contribution in [0.1, 0.15) is 12.8 Å². The average molecular weight is 377 g/mol. The van der Waals surface area contributed by atoms with E-state index in [1.54, 1.807) is 6.33 Å². The number of anilines is 1. The van der Waals surface area contributed by atoms with E-state index in [9.17, 15) is 4.79 Å². The largest absolute Gasteiger partial charge is 0.415 e. The molecule has 28 heavy (non-hydrogen) atoms. The van der Waals surface area contributed by atoms with Crippen molar-refractivity contribution in [3.63, 3.8) is 0 Å². The van der Waals surface area contributed by atoms with Crippen LogP contribution in [-0.4, -0.2) is 52.1 Å². The number of aromatic amines is 1. The van der Waals surface area contributed by atoms with Crippen molar-refractivity contribution >= 4 is 22.9 Å². The highest BCUT2D eigenvalue weighted by Gasteiger charge is 2.44. The van der Waals surface area contributed by atoms with E-state index in [0.717, 1.165) is 42.8 Å². The number of benzene rings is 1. The van der Waals surface area contributed by atoms with Gasteiger partial charge in [0.2, 0.25) is 0 Å². The lowest BCUT2D eigenvalue weighted by molar-refractivity contribution is 0.159. The predicted octanol–water partition coefficient (Wildman–Crippen LogP) is 3.30. The average Bonchev–Trinajstić information content (AvgIpc) is 3.42. The summed E-state index contributed by atoms with van der Waals surface area (Å²) in [7, 11) is 2.11. The Labute approximate surface area is 163 Å². The van der Waals surface area contributed by atoms with Crippen LogP contribution in [0.15, 0.2) is 48.9 Å². The van der Waals surface area contributed by atoms with E-state index in [4.69, 9.17) is 4.74 Å². The Hall–Kier alpha value is -3.09. The molecular weight excluding hydrogens is 354 g/mol. The molecule has 1 aliphatic carbocycles. The number of para-hydroxylation sites is 1. The zero-order valence-electron chi connectivity index (χ0n) is 15.8. The van der Waals surface area contributed by atoms with Gasteiger partial charge in [0, 0.05) is 32.4 Å². The van der Waals surface area contributed by atoms with Crippen molar-refractivity contribution in [2.75, 3.05) is 25.0 Å². The van der Waals surface area contributed by atoms with Crippen LogP contribution in [0.3, 0.4) is 0 Å². The summed E-state index contributed by atoms with van der Waals surface area (Å²) in [6.07, 6.45) is 5.39. The fourth-order valence-corrected chi connectivity index (χ4v) is 4.70. The second-order valence-electron chi connectivity index (χ2n) is 7.78. The van der Waals surface area contributed by atoms with Gasteiger partial charge in [-0.15, -0.1) is 0 Å². The Bertz CT molecular complexity index is 975. The van der Waals surface area contributed by atoms with Crippen molar-refractivity contribution in [2.24, 2.45) is 11.8 Å². The summed E-state index contributed by atoms with van der Waals surface area (Å²) in [4.78, 5) is 28.6. The smallest absolute Gasteiger partial charge is 0.410 e. The molecule has 3 aromatic rings. The van der Waals surface area contributed by atoms with E-state index in [-0.39, 0.29) is 6.09 Å². The minimum atomic E-state index is -0.240. The number of fused-ring (bicyclic) bond motifs is 2. The molecule has 0 radical (unpaired) electrons. The fraction of sp³-hybridized carbons (Fsp3) is 0.381. The first-order valence-electron chi connectivity index (χ1n) is 9.72. The number of amides is 1. The maximum Gasteiger partial charge on any atom is 0.415 e. The number of hydrogen-bond acceptors (Lipinski definition) is 5. The first kappa shape index (κ1) is 17.0. The second kappa shape index (κ2) is 6.82. The summed E-state index contributed by atoms with van der Waals surface area (Å²) in [5, 5.41) is 1.05. The van der Waals surface area contributed by atoms with Gasteiger partial charge in [0.1, 0.15) is 23.5 Å². The first-order chi connectivity index (χ1) is 13.7. The fourth-order valence-electron chi connectivity index (χ4n) is 4.70. The van der Waals surface area contributed by atoms with E-state index in [0.29, 0.717) is 23.6 Å². The second-order valence-corrected chi connectivity index (χ2v) is 7.78. The van der Waals surface area contributed by atoms with E-state index in [2.05, 4.69) is 26.9 Å². The zero-order valence-corrected chi connectivity index (χ0v) is 15.8. The number of aromatic nitrogens is 3. The molecule has 2 aliphatic rings. The van der Waals surface area contributed by atoms with Crippen molar-refractivity contribution < 1.29 is 9.53 Å². The molecule has 5 rings (SSSR count). The van der Waals surface area contributed by atoms with Gasteiger partial charge in [-0.2, -0.15) is 0 Å². The molecule has 144 valence electrons. The molecule has 1 aromatic carbocycles. The molecule has 7 heteroatoms. The Morgan fingerprint density at radius 2 is 1.89 bits per heavy atom. The molecule has 2 unspecified atom stereocenters. The molecule has 1 N–H and O–H groups in total. The molecule has 0 bridgehead atoms. The molecule has 2 aromatic heterocycles. The molecular formula is C21H23N5O2. The summed E-state index contributed by atoms with van der Waals surface area (Å²) >= 11 is 0. The maximum absolute atomic E-state index is 12.5. The van der Waals surface area contributed by atoms with E-state index >= 15 is 0 Å². The number of hydrogen-bond donors (Lipinski definition) is 1. The lowest BCUT2D eigenvalue weighted by Gasteiger charge is -2.27. The molecule has 3 heterocycles. The summed E-state index contributed by atoms with van der Waals surface area (Å²) in [6.45, 7) is 1.54. The number of nitrogens with zero attached hydrogens (tertiary/aromatic N) is 4. The molecule has 1 saturated carbocycles. The molecule has 7 nitrogen and oxygen atoms in total. The molecule has 1 aliphatic heterocycles. The number of rotatable bonds is 3. The van der Waals surface area contributed by atoms with Crippen LogP contribution in [0.4, 0.5) is 10.6 Å². The van der Waals surface area contributed by atoms with Gasteiger partial charge in [0.15, 0.2) is 0 Å². The summed E-state index contributed by atoms with van der Waals surface area (Å²) < 4.78 is 5.50. The Balaban J connectivity index is 1.23. The minimum absolute atomic E-state index is 0.240. The lowest BCUT2D eigenvalue weighted by Crippen LogP contribution is -2.35. The van der Waals surface area contributed by atoms with Crippen molar-refractivity contribution in [1.82, 2.24) is 19.9 Å². The first-order valence-corrected chi connectivity index (χ1v) is 9.72. The number of nitrogens with one attached hydrogen (secondary N) is 1. The van der Waals surface area contributed by atoms with Crippen molar-refractivity contribution in [1.29, 1.82) is 0 Å². The van der Waals surface area contributed by atoms with Gasteiger partial charge in [-0.25, -0.2) is 14.8 Å². The Kier molecular flexibility index (Phi) is 4.15. The van der Waals surface area contributed by atoms with Crippen LogP contribution in [0.5, 0.6) is 5.75 Å². The van der Waals surface area contributed by atoms with Crippen molar-refractivity contribution in [2.45, 2.75) is 18.9 Å². The van der Waals surface area contributed by atoms with Crippen LogP contribution in [0.25, 0.3) is 11.0 Å². The predicted molar refractivity (Wildman–Crippen MR) is 106 cm³/mol. The van der Waals surface area contributed by atoms with E-state index in [1.807, 2.05) is 47.5 Å². The lowest BCUT2D eigenvalue weighted by atomic mass is 10.0. The van der Waals surface area contributed by atoms with Gasteiger partial charge in [0.05, 0.1) is 5.39 Å². The number of carbonyl (C=O) groups is 1. The van der Waals surface area contributed by atoms with Gasteiger partial charge in [-0.1, -0.05) is 18.2 Å². The summed E-state index contributed by atoms with van der Waals surface area (Å²) in [5.41, 5.74) is 0.866. The topological polar surface area (TPSA) is 74.4 Å². The highest BCUT2D eigenvalue weighted by molar-refractivity contribution is 5.87. The minimum Gasteiger partial charge on any atom is -0.410 e. The van der Waals surface area contributed by atoms with Gasteiger partial charge in [-0.3, -0.25) is 0 Å². The number of carbonyl (C=O) groups excluding carboxylic acids is 1. The normalized spacial score (nSPS) is 23.8. The quantitative estimate of drug-likeness (QED) is 0.758. The number of likely N-dealkylation sites (tertiary alicyclic amines) is 1. The molecule has 1 saturated heterocycles. The summed E-state index contributed by atoms with van der Waals surface area (Å²) in [6, 6.07) is 11.7. The van der Waals surface area contributed by atoms with Crippen LogP contribution in [-0.2, 0) is 0 Å². The van der Waals surface area contributed by atoms with Crippen LogP contribution < -0.4 is 9.64 Å². The van der Waals surface area contributed by atoms with E-state index < -0.39 is 0 Å². The number of ether oxygens (including phenoxy) is 1. The third kappa shape index (κ3) is 2.96. The highest BCUT2D eigenvalue weighted by Crippen LogP contribution is 2.41. The molecule has 2 fully saturated rings. The SMILES string of the molecule is CN(c1ncnc2[nH]ccc12)C1CC2CN(C(=O)Oc3ccccc3)C[C@H]2C1. The third-order valence-electron chi connectivity index (χ3n) is 6.15. The van der Waals surface area contributed by atoms with Gasteiger partial charge in [-0.05, 0) is 42.9 Å². The van der Waals surface area contributed by atoms with Crippen LogP contribution in [0, 0.1) is 11.8 Å². The molecule has 0 spiro atoms. The molecule has 3 atom stereocenters. The zero-order chi connectivity index (χ0) is 19.1. The van der Waals surface area contributed by atoms with Gasteiger partial charge in [0.25, 0.3) is 0 Å². The van der Waals surface area contributed by atoms with E-state index in [1.165, 1.54) is 0 Å². The third-order valence-corrected chi connectivity index (χ3v) is 6.15. The number of H-pyrrole nitrogens is 1. The van der Waals surface area contributed by atoms with Gasteiger partial charge < -0.3 is 19.5 Å². The Morgan fingerprint density at radius 3 is 2.64 bits per heavy atom. The summed E-state index contributed by atoms with van der Waals surface area (Å²) in [5.74, 6) is 2.59. The standard InChI is InChI=1S/C21H23N5O2/c1-25(20-18-7-8-22-19(18)23-13-24-20)16-9-14-11-26(12-15(14)10-16)21(27)28-17-5-3-2-4-6-17/h2-8,13-16H,9-12H2,1H3,(H,22,23,24)/t14-,15?,16?/m1/s1. The maximum atomic E-state index is 12.5. The molecule has 1 amide bonds. The van der Waals surface area contributed by atoms with Gasteiger partial charge >= 0.3 is 6.09 Å². The Morgan fingerprint density at radius 1 is 1.14 bits per heavy atom. The van der Waals surface area contributed by atoms with Crippen LogP contribution in [0.2, 0.25) is 0 Å². The van der Waals surface area contributed by atoms with Crippen LogP contribution >= 0.6 is 0 Å². The van der Waals surface area contributed by atoms with Crippen molar-refractivity contribution in [3.8, 4) is 5.75 Å². The monoisotopic (exact) mass is 377 g/mol. The van der Waals surface area contributed by atoms with Crippen molar-refractivity contribution in [3.05, 3.63) is 48.9 Å².